The lowest BCUT2D eigenvalue weighted by atomic mass is 10.0. The minimum atomic E-state index is -4.39. The van der Waals surface area contributed by atoms with E-state index < -0.39 is 26.5 Å². The molecule has 0 radical (unpaired) electrons. The van der Waals surface area contributed by atoms with Crippen LogP contribution in [-0.4, -0.2) is 74.9 Å². The van der Waals surface area contributed by atoms with Crippen molar-refractivity contribution in [1.29, 1.82) is 0 Å². The Morgan fingerprint density at radius 1 is 0.352 bits per heavy atom. The number of unbranched alkanes of at least 4 members (excludes halogenated alkanes) is 53. The molecule has 0 bridgehead atoms. The van der Waals surface area contributed by atoms with Crippen molar-refractivity contribution < 1.29 is 42.1 Å². The van der Waals surface area contributed by atoms with Crippen molar-refractivity contribution in [3.05, 3.63) is 36.5 Å². The van der Waals surface area contributed by atoms with E-state index in [0.717, 1.165) is 38.5 Å². The minimum Gasteiger partial charge on any atom is -0.462 e. The van der Waals surface area contributed by atoms with E-state index in [-0.39, 0.29) is 25.6 Å². The highest BCUT2D eigenvalue weighted by Gasteiger charge is 2.27. The summed E-state index contributed by atoms with van der Waals surface area (Å²) in [7, 11) is 1.50. The molecule has 88 heavy (non-hydrogen) atoms. The zero-order valence-electron chi connectivity index (χ0n) is 59.5. The second-order valence-electron chi connectivity index (χ2n) is 27.7. The summed E-state index contributed by atoms with van der Waals surface area (Å²) in [6, 6.07) is 0. The normalized spacial score (nSPS) is 13.2. The van der Waals surface area contributed by atoms with Gasteiger partial charge in [0, 0.05) is 12.8 Å². The lowest BCUT2D eigenvalue weighted by Crippen LogP contribution is -2.37. The van der Waals surface area contributed by atoms with Crippen molar-refractivity contribution in [1.82, 2.24) is 0 Å². The SMILES string of the molecule is CCCCCCC/C=C\C/C=C\CCCCCCCCCCCCCCCCCCCCCCCCCCCCCC(=O)OC(COC(=O)CCCCCCCCCCCCCCC/C=C\CCCCCCCCCC)COP(=O)(O)OCC[N+](C)(C)C. The van der Waals surface area contributed by atoms with Gasteiger partial charge in [0.2, 0.25) is 0 Å². The first-order valence-electron chi connectivity index (χ1n) is 38.7. The number of quaternary nitrogens is 1. The molecular formula is C78H151NO8P+. The third kappa shape index (κ3) is 73.3. The fourth-order valence-corrected chi connectivity index (χ4v) is 12.4. The van der Waals surface area contributed by atoms with Gasteiger partial charge in [-0.05, 0) is 70.6 Å². The Morgan fingerprint density at radius 2 is 0.614 bits per heavy atom. The molecule has 520 valence electrons. The van der Waals surface area contributed by atoms with Gasteiger partial charge in [0.25, 0.3) is 0 Å². The number of hydrogen-bond donors (Lipinski definition) is 1. The summed E-state index contributed by atoms with van der Waals surface area (Å²) in [6.45, 7) is 4.50. The number of phosphoric acid groups is 1. The Morgan fingerprint density at radius 3 is 0.909 bits per heavy atom. The highest BCUT2D eigenvalue weighted by molar-refractivity contribution is 7.47. The van der Waals surface area contributed by atoms with Crippen LogP contribution in [0, 0.1) is 0 Å². The van der Waals surface area contributed by atoms with Gasteiger partial charge < -0.3 is 18.9 Å². The molecule has 0 amide bonds. The van der Waals surface area contributed by atoms with Crippen LogP contribution in [0.2, 0.25) is 0 Å². The molecule has 0 aromatic heterocycles. The summed E-state index contributed by atoms with van der Waals surface area (Å²) in [5, 5.41) is 0. The zero-order chi connectivity index (χ0) is 64.1. The maximum Gasteiger partial charge on any atom is 0.472 e. The smallest absolute Gasteiger partial charge is 0.462 e. The Kier molecular flexibility index (Phi) is 68.2. The number of allylic oxidation sites excluding steroid dienone is 6. The number of rotatable bonds is 73. The van der Waals surface area contributed by atoms with Crippen LogP contribution in [0.15, 0.2) is 36.5 Å². The van der Waals surface area contributed by atoms with Gasteiger partial charge in [0.05, 0.1) is 27.7 Å². The highest BCUT2D eigenvalue weighted by atomic mass is 31.2. The third-order valence-electron chi connectivity index (χ3n) is 17.6. The van der Waals surface area contributed by atoms with E-state index in [1.165, 1.54) is 327 Å². The lowest BCUT2D eigenvalue weighted by molar-refractivity contribution is -0.870. The number of hydrogen-bond acceptors (Lipinski definition) is 7. The van der Waals surface area contributed by atoms with Gasteiger partial charge >= 0.3 is 19.8 Å². The number of carbonyl (C=O) groups is 2. The molecule has 0 saturated heterocycles. The molecule has 1 N–H and O–H groups in total. The van der Waals surface area contributed by atoms with E-state index in [4.69, 9.17) is 18.5 Å². The fourth-order valence-electron chi connectivity index (χ4n) is 11.7. The monoisotopic (exact) mass is 1260 g/mol. The summed E-state index contributed by atoms with van der Waals surface area (Å²) in [6.07, 6.45) is 90.0. The van der Waals surface area contributed by atoms with Crippen LogP contribution >= 0.6 is 7.82 Å². The maximum atomic E-state index is 12.9. The predicted octanol–water partition coefficient (Wildman–Crippen LogP) is 25.4. The van der Waals surface area contributed by atoms with E-state index in [2.05, 4.69) is 50.3 Å². The van der Waals surface area contributed by atoms with Crippen LogP contribution in [0.1, 0.15) is 399 Å². The van der Waals surface area contributed by atoms with Crippen LogP contribution in [0.3, 0.4) is 0 Å². The Hall–Kier alpha value is -1.77. The predicted molar refractivity (Wildman–Crippen MR) is 381 cm³/mol. The Balaban J connectivity index is 3.90. The maximum absolute atomic E-state index is 12.9. The number of phosphoric ester groups is 1. The third-order valence-corrected chi connectivity index (χ3v) is 18.6. The standard InChI is InChI=1S/C78H150NO8P/c1-6-8-10-12-14-16-18-20-22-24-26-28-30-32-33-34-35-36-37-38-39-40-41-42-43-44-45-47-49-51-53-55-57-59-61-63-65-67-69-71-78(81)87-76(75-86-88(82,83)85-73-72-79(3,4)5)74-84-77(80)70-68-66-64-62-60-58-56-54-52-50-48-46-31-29-27-25-23-21-19-17-15-13-11-9-7-2/h18,20,24-27,76H,6-17,19,21-23,28-75H2,1-5H3/p+1/b20-18-,26-24-,27-25-. The van der Waals surface area contributed by atoms with Gasteiger partial charge in [-0.25, -0.2) is 4.57 Å². The van der Waals surface area contributed by atoms with Crippen molar-refractivity contribution in [3.8, 4) is 0 Å². The molecule has 0 fully saturated rings. The summed E-state index contributed by atoms with van der Waals surface area (Å²) in [4.78, 5) is 35.9. The van der Waals surface area contributed by atoms with Crippen molar-refractivity contribution in [2.24, 2.45) is 0 Å². The topological polar surface area (TPSA) is 108 Å². The first-order valence-corrected chi connectivity index (χ1v) is 40.2. The number of likely N-dealkylation sites (N-methyl/N-ethyl adjacent to an activating group) is 1. The molecular weight excluding hydrogens is 1110 g/mol. The van der Waals surface area contributed by atoms with E-state index in [9.17, 15) is 19.0 Å². The largest absolute Gasteiger partial charge is 0.472 e. The quantitative estimate of drug-likeness (QED) is 0.0211. The fraction of sp³-hybridized carbons (Fsp3) is 0.897. The van der Waals surface area contributed by atoms with E-state index in [1.807, 2.05) is 21.1 Å². The van der Waals surface area contributed by atoms with Crippen molar-refractivity contribution >= 4 is 19.8 Å². The van der Waals surface area contributed by atoms with Gasteiger partial charge in [-0.3, -0.25) is 18.6 Å². The molecule has 0 spiro atoms. The molecule has 2 atom stereocenters. The first kappa shape index (κ1) is 86.2. The van der Waals surface area contributed by atoms with E-state index >= 15 is 0 Å². The van der Waals surface area contributed by atoms with Gasteiger partial charge in [-0.2, -0.15) is 0 Å². The molecule has 0 aliphatic carbocycles. The second-order valence-corrected chi connectivity index (χ2v) is 29.2. The lowest BCUT2D eigenvalue weighted by Gasteiger charge is -2.24. The van der Waals surface area contributed by atoms with E-state index in [0.29, 0.717) is 23.9 Å². The van der Waals surface area contributed by atoms with Crippen LogP contribution in [-0.2, 0) is 32.7 Å². The summed E-state index contributed by atoms with van der Waals surface area (Å²) in [5.74, 6) is -0.774. The Labute approximate surface area is 548 Å². The zero-order valence-corrected chi connectivity index (χ0v) is 60.4. The van der Waals surface area contributed by atoms with Crippen LogP contribution < -0.4 is 0 Å². The number of nitrogens with zero attached hydrogens (tertiary/aromatic N) is 1. The molecule has 0 rings (SSSR count). The minimum absolute atomic E-state index is 0.0350. The molecule has 0 aliphatic rings. The van der Waals surface area contributed by atoms with Crippen LogP contribution in [0.4, 0.5) is 0 Å². The molecule has 9 nitrogen and oxygen atoms in total. The van der Waals surface area contributed by atoms with Gasteiger partial charge in [0.1, 0.15) is 19.8 Å². The van der Waals surface area contributed by atoms with Gasteiger partial charge in [-0.15, -0.1) is 0 Å². The first-order chi connectivity index (χ1) is 43.0. The molecule has 0 saturated carbocycles. The van der Waals surface area contributed by atoms with Gasteiger partial charge in [0.15, 0.2) is 6.10 Å². The summed E-state index contributed by atoms with van der Waals surface area (Å²) >= 11 is 0. The Bertz CT molecular complexity index is 1580. The highest BCUT2D eigenvalue weighted by Crippen LogP contribution is 2.43. The summed E-state index contributed by atoms with van der Waals surface area (Å²) < 4.78 is 34.8. The van der Waals surface area contributed by atoms with Crippen LogP contribution in [0.25, 0.3) is 0 Å². The van der Waals surface area contributed by atoms with Crippen molar-refractivity contribution in [3.63, 3.8) is 0 Å². The van der Waals surface area contributed by atoms with Crippen molar-refractivity contribution in [2.45, 2.75) is 405 Å². The number of carbonyl (C=O) groups excluding carboxylic acids is 2. The molecule has 0 aromatic rings. The molecule has 0 aromatic carbocycles. The molecule has 0 heterocycles. The molecule has 10 heteroatoms. The number of esters is 2. The van der Waals surface area contributed by atoms with Gasteiger partial charge in [-0.1, -0.05) is 352 Å². The second kappa shape index (κ2) is 69.6. The van der Waals surface area contributed by atoms with Crippen molar-refractivity contribution in [2.75, 3.05) is 47.5 Å². The van der Waals surface area contributed by atoms with E-state index in [1.54, 1.807) is 0 Å². The number of ether oxygens (including phenoxy) is 2. The average Bonchev–Trinajstić information content (AvgIpc) is 3.68. The molecule has 0 aliphatic heterocycles. The molecule has 2 unspecified atom stereocenters. The van der Waals surface area contributed by atoms with Crippen LogP contribution in [0.5, 0.6) is 0 Å². The average molecular weight is 1260 g/mol. The summed E-state index contributed by atoms with van der Waals surface area (Å²) in [5.41, 5.74) is 0.